The molecule has 1 aromatic heterocycles. The lowest BCUT2D eigenvalue weighted by Crippen LogP contribution is -2.39. The summed E-state index contributed by atoms with van der Waals surface area (Å²) in [5.41, 5.74) is -2.96. The van der Waals surface area contributed by atoms with Gasteiger partial charge in [0.25, 0.3) is 5.56 Å². The molecule has 0 unspecified atom stereocenters. The summed E-state index contributed by atoms with van der Waals surface area (Å²) in [6.07, 6.45) is -3.44. The summed E-state index contributed by atoms with van der Waals surface area (Å²) in [6, 6.07) is 1.34. The number of halogens is 4. The van der Waals surface area contributed by atoms with E-state index in [1.165, 1.54) is 6.07 Å². The monoisotopic (exact) mass is 251 g/mol. The summed E-state index contributed by atoms with van der Waals surface area (Å²) < 4.78 is 49.3. The molecule has 0 aliphatic heterocycles. The molecule has 0 fully saturated rings. The normalized spacial score (nSPS) is 11.5. The molecule has 1 heterocycles. The van der Waals surface area contributed by atoms with E-state index in [1.807, 2.05) is 0 Å². The number of hydrogen-bond acceptors (Lipinski definition) is 3. The van der Waals surface area contributed by atoms with Gasteiger partial charge in [-0.25, -0.2) is 13.6 Å². The average Bonchev–Trinajstić information content (AvgIpc) is 2.21. The van der Waals surface area contributed by atoms with E-state index < -0.39 is 35.7 Å². The minimum Gasteiger partial charge on any atom is -0.293 e. The van der Waals surface area contributed by atoms with Crippen LogP contribution < -0.4 is 11.2 Å². The van der Waals surface area contributed by atoms with E-state index in [-0.39, 0.29) is 4.57 Å². The van der Waals surface area contributed by atoms with Crippen molar-refractivity contribution in [3.8, 4) is 6.07 Å². The predicted octanol–water partition coefficient (Wildman–Crippen LogP) is 0.309. The third kappa shape index (κ3) is 2.72. The number of nitrogens with zero attached hydrogens (tertiary/aromatic N) is 2. The van der Waals surface area contributed by atoms with Gasteiger partial charge in [-0.1, -0.05) is 0 Å². The number of H-pyrrole nitrogens is 1. The molecular weight excluding hydrogens is 246 g/mol. The van der Waals surface area contributed by atoms with Gasteiger partial charge in [0.15, 0.2) is 0 Å². The van der Waals surface area contributed by atoms with Crippen LogP contribution in [0.5, 0.6) is 0 Å². The Bertz CT molecular complexity index is 569. The largest absolute Gasteiger partial charge is 0.328 e. The lowest BCUT2D eigenvalue weighted by molar-refractivity contribution is -0.138. The van der Waals surface area contributed by atoms with E-state index in [2.05, 4.69) is 0 Å². The van der Waals surface area contributed by atoms with E-state index in [9.17, 15) is 27.2 Å². The molecule has 0 aliphatic carbocycles. The molecule has 0 saturated heterocycles. The molecule has 0 aromatic carbocycles. The van der Waals surface area contributed by atoms with Crippen LogP contribution in [-0.2, 0) is 6.54 Å². The Morgan fingerprint density at radius 2 is 2.06 bits per heavy atom. The molecule has 0 radical (unpaired) electrons. The predicted molar refractivity (Wildman–Crippen MR) is 47.0 cm³/mol. The topological polar surface area (TPSA) is 78.7 Å². The smallest absolute Gasteiger partial charge is 0.293 e. The summed E-state index contributed by atoms with van der Waals surface area (Å²) in [5, 5.41) is 8.42. The van der Waals surface area contributed by atoms with Gasteiger partial charge in [-0.05, 0) is 0 Å². The maximum absolute atomic E-state index is 12.7. The van der Waals surface area contributed by atoms with E-state index in [0.717, 1.165) is 0 Å². The highest BCUT2D eigenvalue weighted by Crippen LogP contribution is 2.23. The molecular formula is C8H5F4N3O2. The lowest BCUT2D eigenvalue weighted by atomic mass is 10.3. The first kappa shape index (κ1) is 13.0. The van der Waals surface area contributed by atoms with Crippen LogP contribution in [0.1, 0.15) is 5.56 Å². The van der Waals surface area contributed by atoms with Gasteiger partial charge in [0.2, 0.25) is 0 Å². The van der Waals surface area contributed by atoms with Crippen molar-refractivity contribution in [3.63, 3.8) is 0 Å². The third-order valence-electron chi connectivity index (χ3n) is 1.83. The standard InChI is InChI=1S/C8H5F4N3O2/c9-6(10)8(11,12)3-15-2-4(1-13)5(16)14-7(15)17/h2,6H,3H2,(H,14,16,17). The summed E-state index contributed by atoms with van der Waals surface area (Å²) in [6.45, 7) is -1.62. The minimum atomic E-state index is -4.42. The number of hydrogen-bond donors (Lipinski definition) is 1. The molecule has 9 heteroatoms. The number of alkyl halides is 4. The van der Waals surface area contributed by atoms with E-state index in [4.69, 9.17) is 5.26 Å². The van der Waals surface area contributed by atoms with Crippen LogP contribution in [0.3, 0.4) is 0 Å². The van der Waals surface area contributed by atoms with Gasteiger partial charge in [0.1, 0.15) is 11.6 Å². The minimum absolute atomic E-state index is 0.159. The van der Waals surface area contributed by atoms with E-state index in [0.29, 0.717) is 6.20 Å². The second-order valence-electron chi connectivity index (χ2n) is 3.10. The first-order chi connectivity index (χ1) is 7.77. The molecule has 0 amide bonds. The molecule has 0 saturated carbocycles. The van der Waals surface area contributed by atoms with Crippen LogP contribution >= 0.6 is 0 Å². The maximum atomic E-state index is 12.7. The quantitative estimate of drug-likeness (QED) is 0.785. The molecule has 17 heavy (non-hydrogen) atoms. The fourth-order valence-electron chi connectivity index (χ4n) is 1.00. The van der Waals surface area contributed by atoms with Crippen molar-refractivity contribution < 1.29 is 17.6 Å². The fraction of sp³-hybridized carbons (Fsp3) is 0.375. The highest BCUT2D eigenvalue weighted by Gasteiger charge is 2.41. The van der Waals surface area contributed by atoms with Crippen molar-refractivity contribution in [1.29, 1.82) is 5.26 Å². The van der Waals surface area contributed by atoms with E-state index in [1.54, 1.807) is 4.98 Å². The Morgan fingerprint density at radius 3 is 2.53 bits per heavy atom. The molecule has 92 valence electrons. The zero-order valence-electron chi connectivity index (χ0n) is 8.08. The summed E-state index contributed by atoms with van der Waals surface area (Å²) in [5.74, 6) is -4.42. The van der Waals surface area contributed by atoms with Gasteiger partial charge in [-0.2, -0.15) is 14.0 Å². The number of aromatic nitrogens is 2. The molecule has 1 rings (SSSR count). The maximum Gasteiger partial charge on any atom is 0.328 e. The molecule has 5 nitrogen and oxygen atoms in total. The second kappa shape index (κ2) is 4.40. The van der Waals surface area contributed by atoms with Gasteiger partial charge >= 0.3 is 18.0 Å². The number of rotatable bonds is 3. The van der Waals surface area contributed by atoms with Crippen LogP contribution in [0.25, 0.3) is 0 Å². The summed E-state index contributed by atoms with van der Waals surface area (Å²) in [4.78, 5) is 23.5. The Morgan fingerprint density at radius 1 is 1.47 bits per heavy atom. The molecule has 0 bridgehead atoms. The van der Waals surface area contributed by atoms with Crippen LogP contribution in [-0.4, -0.2) is 21.9 Å². The number of aromatic amines is 1. The Labute approximate surface area is 90.9 Å². The van der Waals surface area contributed by atoms with Crippen molar-refractivity contribution in [2.45, 2.75) is 18.9 Å². The average molecular weight is 251 g/mol. The molecule has 0 atom stereocenters. The first-order valence-electron chi connectivity index (χ1n) is 4.18. The fourth-order valence-corrected chi connectivity index (χ4v) is 1.00. The van der Waals surface area contributed by atoms with Gasteiger partial charge in [0, 0.05) is 6.20 Å². The first-order valence-corrected chi connectivity index (χ1v) is 4.18. The molecule has 0 spiro atoms. The second-order valence-corrected chi connectivity index (χ2v) is 3.10. The number of nitriles is 1. The molecule has 1 aromatic rings. The lowest BCUT2D eigenvalue weighted by Gasteiger charge is -2.16. The summed E-state index contributed by atoms with van der Waals surface area (Å²) >= 11 is 0. The molecule has 1 N–H and O–H groups in total. The van der Waals surface area contributed by atoms with Gasteiger partial charge in [-0.3, -0.25) is 14.3 Å². The highest BCUT2D eigenvalue weighted by atomic mass is 19.3. The van der Waals surface area contributed by atoms with Crippen LogP contribution in [0, 0.1) is 11.3 Å². The summed E-state index contributed by atoms with van der Waals surface area (Å²) in [7, 11) is 0. The zero-order valence-corrected chi connectivity index (χ0v) is 8.08. The van der Waals surface area contributed by atoms with Gasteiger partial charge in [0.05, 0.1) is 6.54 Å². The van der Waals surface area contributed by atoms with Crippen molar-refractivity contribution in [2.75, 3.05) is 0 Å². The Kier molecular flexibility index (Phi) is 3.36. The highest BCUT2D eigenvalue weighted by molar-refractivity contribution is 5.21. The molecule has 0 aliphatic rings. The number of nitrogens with one attached hydrogen (secondary N) is 1. The van der Waals surface area contributed by atoms with E-state index >= 15 is 0 Å². The van der Waals surface area contributed by atoms with Gasteiger partial charge in [-0.15, -0.1) is 0 Å². The Hall–Kier alpha value is -2.11. The van der Waals surface area contributed by atoms with Crippen molar-refractivity contribution >= 4 is 0 Å². The van der Waals surface area contributed by atoms with Gasteiger partial charge < -0.3 is 0 Å². The van der Waals surface area contributed by atoms with Crippen LogP contribution in [0.15, 0.2) is 15.8 Å². The van der Waals surface area contributed by atoms with Crippen molar-refractivity contribution in [1.82, 2.24) is 9.55 Å². The van der Waals surface area contributed by atoms with Crippen molar-refractivity contribution in [3.05, 3.63) is 32.6 Å². The zero-order chi connectivity index (χ0) is 13.2. The van der Waals surface area contributed by atoms with Crippen molar-refractivity contribution in [2.24, 2.45) is 0 Å². The SMILES string of the molecule is N#Cc1cn(CC(F)(F)C(F)F)c(=O)[nH]c1=O. The van der Waals surface area contributed by atoms with Crippen LogP contribution in [0.4, 0.5) is 17.6 Å². The third-order valence-corrected chi connectivity index (χ3v) is 1.83. The Balaban J connectivity index is 3.22. The van der Waals surface area contributed by atoms with Crippen LogP contribution in [0.2, 0.25) is 0 Å².